The van der Waals surface area contributed by atoms with Gasteiger partial charge in [-0.3, -0.25) is 4.79 Å². The highest BCUT2D eigenvalue weighted by Gasteiger charge is 2.26. The molecular weight excluding hydrogens is 258 g/mol. The highest BCUT2D eigenvalue weighted by atomic mass is 32.2. The summed E-state index contributed by atoms with van der Waals surface area (Å²) in [6.45, 7) is 5.00. The molecule has 0 fully saturated rings. The first-order valence-corrected chi connectivity index (χ1v) is 7.13. The molecule has 0 bridgehead atoms. The zero-order valence-electron chi connectivity index (χ0n) is 10.5. The molecule has 1 aromatic rings. The maximum atomic E-state index is 12.1. The predicted octanol–water partition coefficient (Wildman–Crippen LogP) is 1.14. The number of carbonyl (C=O) groups is 1. The lowest BCUT2D eigenvalue weighted by Crippen LogP contribution is -2.33. The SMILES string of the molecule is CCOCCN(CC)S(=O)(=O)c1ccc(C=O)o1. The highest BCUT2D eigenvalue weighted by Crippen LogP contribution is 2.17. The third-order valence-corrected chi connectivity index (χ3v) is 4.20. The van der Waals surface area contributed by atoms with Crippen molar-refractivity contribution in [1.29, 1.82) is 0 Å². The second kappa shape index (κ2) is 6.67. The van der Waals surface area contributed by atoms with Gasteiger partial charge in [0.05, 0.1) is 6.61 Å². The number of hydrogen-bond donors (Lipinski definition) is 0. The summed E-state index contributed by atoms with van der Waals surface area (Å²) in [6.07, 6.45) is 0.468. The van der Waals surface area contributed by atoms with Crippen LogP contribution < -0.4 is 0 Å². The van der Waals surface area contributed by atoms with Crippen molar-refractivity contribution in [3.05, 3.63) is 17.9 Å². The van der Waals surface area contributed by atoms with Crippen LogP contribution in [0.5, 0.6) is 0 Å². The molecule has 1 rings (SSSR count). The maximum absolute atomic E-state index is 12.1. The molecule has 0 radical (unpaired) electrons. The first kappa shape index (κ1) is 14.9. The molecule has 7 heteroatoms. The van der Waals surface area contributed by atoms with Gasteiger partial charge in [-0.05, 0) is 19.1 Å². The van der Waals surface area contributed by atoms with Crippen LogP contribution >= 0.6 is 0 Å². The Kier molecular flexibility index (Phi) is 5.52. The molecule has 0 unspecified atom stereocenters. The number of likely N-dealkylation sites (N-methyl/N-ethyl adjacent to an activating group) is 1. The second-order valence-corrected chi connectivity index (χ2v) is 5.34. The van der Waals surface area contributed by atoms with E-state index in [1.807, 2.05) is 6.92 Å². The molecule has 0 aromatic carbocycles. The van der Waals surface area contributed by atoms with Crippen LogP contribution in [0.25, 0.3) is 0 Å². The van der Waals surface area contributed by atoms with Crippen LogP contribution in [0, 0.1) is 0 Å². The molecule has 0 saturated heterocycles. The Labute approximate surface area is 107 Å². The number of nitrogens with zero attached hydrogens (tertiary/aromatic N) is 1. The number of hydrogen-bond acceptors (Lipinski definition) is 5. The van der Waals surface area contributed by atoms with Crippen molar-refractivity contribution in [1.82, 2.24) is 4.31 Å². The molecular formula is C11H17NO5S. The predicted molar refractivity (Wildman–Crippen MR) is 65.0 cm³/mol. The first-order chi connectivity index (χ1) is 8.56. The summed E-state index contributed by atoms with van der Waals surface area (Å²) in [4.78, 5) is 10.5. The molecule has 0 saturated carbocycles. The van der Waals surface area contributed by atoms with E-state index in [0.717, 1.165) is 0 Å². The van der Waals surface area contributed by atoms with Crippen LogP contribution in [0.15, 0.2) is 21.6 Å². The minimum Gasteiger partial charge on any atom is -0.440 e. The molecule has 0 aliphatic rings. The van der Waals surface area contributed by atoms with Gasteiger partial charge in [0, 0.05) is 19.7 Å². The molecule has 6 nitrogen and oxygen atoms in total. The van der Waals surface area contributed by atoms with E-state index in [0.29, 0.717) is 26.0 Å². The van der Waals surface area contributed by atoms with Crippen molar-refractivity contribution < 1.29 is 22.4 Å². The summed E-state index contributed by atoms with van der Waals surface area (Å²) >= 11 is 0. The second-order valence-electron chi connectivity index (χ2n) is 3.47. The van der Waals surface area contributed by atoms with E-state index in [-0.39, 0.29) is 17.4 Å². The van der Waals surface area contributed by atoms with Crippen molar-refractivity contribution >= 4 is 16.3 Å². The van der Waals surface area contributed by atoms with E-state index < -0.39 is 10.0 Å². The molecule has 18 heavy (non-hydrogen) atoms. The summed E-state index contributed by atoms with van der Waals surface area (Å²) in [5.74, 6) is -0.00515. The summed E-state index contributed by atoms with van der Waals surface area (Å²) in [5, 5.41) is -0.219. The van der Waals surface area contributed by atoms with Crippen molar-refractivity contribution in [2.45, 2.75) is 18.9 Å². The molecule has 0 aliphatic heterocycles. The van der Waals surface area contributed by atoms with E-state index in [1.54, 1.807) is 6.92 Å². The van der Waals surface area contributed by atoms with Gasteiger partial charge in [-0.2, -0.15) is 4.31 Å². The Morgan fingerprint density at radius 1 is 1.39 bits per heavy atom. The monoisotopic (exact) mass is 275 g/mol. The lowest BCUT2D eigenvalue weighted by atomic mass is 10.5. The van der Waals surface area contributed by atoms with E-state index in [2.05, 4.69) is 0 Å². The fourth-order valence-corrected chi connectivity index (χ4v) is 2.77. The van der Waals surface area contributed by atoms with E-state index in [9.17, 15) is 13.2 Å². The molecule has 0 amide bonds. The van der Waals surface area contributed by atoms with Crippen LogP contribution in [-0.2, 0) is 14.8 Å². The topological polar surface area (TPSA) is 76.8 Å². The minimum atomic E-state index is -3.69. The molecule has 0 spiro atoms. The smallest absolute Gasteiger partial charge is 0.276 e. The Hall–Kier alpha value is -1.18. The first-order valence-electron chi connectivity index (χ1n) is 5.69. The van der Waals surface area contributed by atoms with Crippen molar-refractivity contribution in [2.75, 3.05) is 26.3 Å². The van der Waals surface area contributed by atoms with E-state index in [4.69, 9.17) is 9.15 Å². The Morgan fingerprint density at radius 3 is 2.61 bits per heavy atom. The number of ether oxygens (including phenoxy) is 1. The van der Waals surface area contributed by atoms with Crippen molar-refractivity contribution in [3.63, 3.8) is 0 Å². The Balaban J connectivity index is 2.85. The number of furan rings is 1. The number of carbonyl (C=O) groups excluding carboxylic acids is 1. The normalized spacial score (nSPS) is 11.9. The van der Waals surface area contributed by atoms with Gasteiger partial charge < -0.3 is 9.15 Å². The van der Waals surface area contributed by atoms with Crippen LogP contribution in [-0.4, -0.2) is 45.3 Å². The Morgan fingerprint density at radius 2 is 2.11 bits per heavy atom. The van der Waals surface area contributed by atoms with Gasteiger partial charge in [-0.15, -0.1) is 0 Å². The summed E-state index contributed by atoms with van der Waals surface area (Å²) in [6, 6.07) is 2.61. The number of sulfonamides is 1. The van der Waals surface area contributed by atoms with Gasteiger partial charge in [0.2, 0.25) is 5.09 Å². The third-order valence-electron chi connectivity index (χ3n) is 2.35. The summed E-state index contributed by atoms with van der Waals surface area (Å²) in [7, 11) is -3.69. The molecule has 102 valence electrons. The van der Waals surface area contributed by atoms with Gasteiger partial charge in [-0.25, -0.2) is 8.42 Å². The van der Waals surface area contributed by atoms with Gasteiger partial charge in [-0.1, -0.05) is 6.92 Å². The highest BCUT2D eigenvalue weighted by molar-refractivity contribution is 7.89. The van der Waals surface area contributed by atoms with Crippen molar-refractivity contribution in [2.24, 2.45) is 0 Å². The molecule has 0 atom stereocenters. The minimum absolute atomic E-state index is 0.00515. The largest absolute Gasteiger partial charge is 0.440 e. The Bertz CT molecular complexity index is 479. The zero-order valence-corrected chi connectivity index (χ0v) is 11.3. The molecule has 0 N–H and O–H groups in total. The fourth-order valence-electron chi connectivity index (χ4n) is 1.42. The van der Waals surface area contributed by atoms with E-state index >= 15 is 0 Å². The zero-order chi connectivity index (χ0) is 13.6. The van der Waals surface area contributed by atoms with Gasteiger partial charge in [0.15, 0.2) is 12.0 Å². The van der Waals surface area contributed by atoms with E-state index in [1.165, 1.54) is 16.4 Å². The number of rotatable bonds is 8. The summed E-state index contributed by atoms with van der Waals surface area (Å²) < 4.78 is 35.6. The van der Waals surface area contributed by atoms with Crippen LogP contribution in [0.1, 0.15) is 24.4 Å². The van der Waals surface area contributed by atoms with Crippen LogP contribution in [0.3, 0.4) is 0 Å². The molecule has 1 heterocycles. The lowest BCUT2D eigenvalue weighted by molar-refractivity contribution is 0.109. The standard InChI is InChI=1S/C11H17NO5S/c1-3-12(7-8-16-4-2)18(14,15)11-6-5-10(9-13)17-11/h5-6,9H,3-4,7-8H2,1-2H3. The fraction of sp³-hybridized carbons (Fsp3) is 0.545. The number of aldehydes is 1. The molecule has 1 aromatic heterocycles. The van der Waals surface area contributed by atoms with Crippen LogP contribution in [0.4, 0.5) is 0 Å². The third kappa shape index (κ3) is 3.41. The van der Waals surface area contributed by atoms with Crippen molar-refractivity contribution in [3.8, 4) is 0 Å². The maximum Gasteiger partial charge on any atom is 0.276 e. The lowest BCUT2D eigenvalue weighted by Gasteiger charge is -2.18. The quantitative estimate of drug-likeness (QED) is 0.525. The summed E-state index contributed by atoms with van der Waals surface area (Å²) in [5.41, 5.74) is 0. The van der Waals surface area contributed by atoms with Crippen LogP contribution in [0.2, 0.25) is 0 Å². The molecule has 0 aliphatic carbocycles. The average Bonchev–Trinajstić information content (AvgIpc) is 2.83. The van der Waals surface area contributed by atoms with Gasteiger partial charge in [0.25, 0.3) is 10.0 Å². The average molecular weight is 275 g/mol. The van der Waals surface area contributed by atoms with Gasteiger partial charge >= 0.3 is 0 Å². The van der Waals surface area contributed by atoms with Gasteiger partial charge in [0.1, 0.15) is 0 Å².